The number of allylic oxidation sites excluding steroid dienone is 2. The maximum atomic E-state index is 2.45. The molecule has 0 N–H and O–H groups in total. The number of hydrogen-bond acceptors (Lipinski definition) is 0. The number of hydrogen-bond donors (Lipinski definition) is 0. The summed E-state index contributed by atoms with van der Waals surface area (Å²) in [6.07, 6.45) is 8.19. The Morgan fingerprint density at radius 1 is 1.17 bits per heavy atom. The van der Waals surface area contributed by atoms with E-state index in [9.17, 15) is 0 Å². The molecule has 0 aromatic rings. The van der Waals surface area contributed by atoms with Crippen molar-refractivity contribution in [1.82, 2.24) is 0 Å². The van der Waals surface area contributed by atoms with E-state index in [0.717, 1.165) is 5.92 Å². The van der Waals surface area contributed by atoms with Gasteiger partial charge in [-0.25, -0.2) is 0 Å². The summed E-state index contributed by atoms with van der Waals surface area (Å²) in [5, 5.41) is 0. The molecule has 0 atom stereocenters. The van der Waals surface area contributed by atoms with Crippen LogP contribution in [0.3, 0.4) is 0 Å². The Balaban J connectivity index is 2.56. The van der Waals surface area contributed by atoms with Gasteiger partial charge in [-0.2, -0.15) is 0 Å². The Hall–Kier alpha value is -0.260. The van der Waals surface area contributed by atoms with Gasteiger partial charge < -0.3 is 0 Å². The molecule has 70 valence electrons. The predicted molar refractivity (Wildman–Crippen MR) is 55.2 cm³/mol. The minimum Gasteiger partial charge on any atom is -0.0799 e. The van der Waals surface area contributed by atoms with Crippen molar-refractivity contribution in [2.75, 3.05) is 0 Å². The fraction of sp³-hybridized carbons (Fsp3) is 0.833. The van der Waals surface area contributed by atoms with Crippen LogP contribution in [0.15, 0.2) is 11.6 Å². The fourth-order valence-electron chi connectivity index (χ4n) is 2.18. The zero-order chi connectivity index (χ0) is 9.19. The van der Waals surface area contributed by atoms with Gasteiger partial charge in [-0.1, -0.05) is 45.3 Å². The third-order valence-electron chi connectivity index (χ3n) is 2.66. The lowest BCUT2D eigenvalue weighted by molar-refractivity contribution is 0.523. The zero-order valence-electron chi connectivity index (χ0n) is 8.98. The van der Waals surface area contributed by atoms with E-state index in [1.807, 2.05) is 0 Å². The Bertz CT molecular complexity index is 163. The molecule has 1 rings (SSSR count). The molecule has 1 aliphatic carbocycles. The average Bonchev–Trinajstić information content (AvgIpc) is 2.32. The van der Waals surface area contributed by atoms with Crippen LogP contribution >= 0.6 is 0 Å². The Morgan fingerprint density at radius 3 is 2.08 bits per heavy atom. The van der Waals surface area contributed by atoms with Crippen molar-refractivity contribution in [2.45, 2.75) is 53.4 Å². The Labute approximate surface area is 77.1 Å². The van der Waals surface area contributed by atoms with Crippen LogP contribution in [0.2, 0.25) is 0 Å². The Kier molecular flexibility index (Phi) is 2.98. The molecular formula is C12H22. The lowest BCUT2D eigenvalue weighted by Gasteiger charge is -2.17. The van der Waals surface area contributed by atoms with Crippen LogP contribution in [-0.2, 0) is 0 Å². The third kappa shape index (κ3) is 3.00. The highest BCUT2D eigenvalue weighted by atomic mass is 14.2. The second-order valence-corrected chi connectivity index (χ2v) is 5.24. The highest BCUT2D eigenvalue weighted by Crippen LogP contribution is 2.32. The molecule has 1 aliphatic rings. The molecule has 12 heavy (non-hydrogen) atoms. The average molecular weight is 166 g/mol. The first-order valence-electron chi connectivity index (χ1n) is 5.18. The summed E-state index contributed by atoms with van der Waals surface area (Å²) >= 11 is 0. The first-order chi connectivity index (χ1) is 5.49. The van der Waals surface area contributed by atoms with Crippen molar-refractivity contribution < 1.29 is 0 Å². The zero-order valence-corrected chi connectivity index (χ0v) is 8.98. The maximum absolute atomic E-state index is 2.45. The van der Waals surface area contributed by atoms with E-state index in [1.165, 1.54) is 25.7 Å². The van der Waals surface area contributed by atoms with Gasteiger partial charge in [-0.3, -0.25) is 0 Å². The summed E-state index contributed by atoms with van der Waals surface area (Å²) in [4.78, 5) is 0. The van der Waals surface area contributed by atoms with E-state index >= 15 is 0 Å². The van der Waals surface area contributed by atoms with Crippen LogP contribution < -0.4 is 0 Å². The molecule has 0 spiro atoms. The summed E-state index contributed by atoms with van der Waals surface area (Å²) in [6.45, 7) is 9.16. The van der Waals surface area contributed by atoms with Gasteiger partial charge in [-0.05, 0) is 31.1 Å². The van der Waals surface area contributed by atoms with Crippen LogP contribution in [0, 0.1) is 11.3 Å². The van der Waals surface area contributed by atoms with Crippen molar-refractivity contribution in [2.24, 2.45) is 11.3 Å². The Morgan fingerprint density at radius 2 is 1.67 bits per heavy atom. The maximum Gasteiger partial charge on any atom is -0.0200 e. The summed E-state index contributed by atoms with van der Waals surface area (Å²) < 4.78 is 0. The highest BCUT2D eigenvalue weighted by molar-refractivity contribution is 5.09. The molecule has 0 aromatic heterocycles. The molecule has 0 heterocycles. The largest absolute Gasteiger partial charge is 0.0799 e. The van der Waals surface area contributed by atoms with Gasteiger partial charge >= 0.3 is 0 Å². The monoisotopic (exact) mass is 166 g/mol. The molecule has 0 amide bonds. The van der Waals surface area contributed by atoms with Crippen LogP contribution in [-0.4, -0.2) is 0 Å². The van der Waals surface area contributed by atoms with E-state index in [1.54, 1.807) is 5.57 Å². The van der Waals surface area contributed by atoms with Gasteiger partial charge in [0.05, 0.1) is 0 Å². The summed E-state index contributed by atoms with van der Waals surface area (Å²) in [5.74, 6) is 0.907. The SMILES string of the molecule is C/C(=C\C(C)(C)C)C1CCCC1. The van der Waals surface area contributed by atoms with Crippen LogP contribution in [0.4, 0.5) is 0 Å². The predicted octanol–water partition coefficient (Wildman–Crippen LogP) is 4.17. The minimum atomic E-state index is 0.368. The van der Waals surface area contributed by atoms with Crippen molar-refractivity contribution in [3.8, 4) is 0 Å². The van der Waals surface area contributed by atoms with Crippen molar-refractivity contribution >= 4 is 0 Å². The molecule has 0 saturated heterocycles. The highest BCUT2D eigenvalue weighted by Gasteiger charge is 2.18. The molecule has 0 radical (unpaired) electrons. The van der Waals surface area contributed by atoms with E-state index in [4.69, 9.17) is 0 Å². The van der Waals surface area contributed by atoms with Gasteiger partial charge in [0.1, 0.15) is 0 Å². The standard InChI is InChI=1S/C12H22/c1-10(9-12(2,3)4)11-7-5-6-8-11/h9,11H,5-8H2,1-4H3/b10-9+. The normalized spacial score (nSPS) is 21.8. The second kappa shape index (κ2) is 3.64. The van der Waals surface area contributed by atoms with E-state index in [-0.39, 0.29) is 0 Å². The van der Waals surface area contributed by atoms with Gasteiger partial charge in [0, 0.05) is 0 Å². The molecule has 1 saturated carbocycles. The lowest BCUT2D eigenvalue weighted by Crippen LogP contribution is -2.04. The molecule has 0 bridgehead atoms. The summed E-state index contributed by atoms with van der Waals surface area (Å²) in [6, 6.07) is 0. The molecule has 0 unspecified atom stereocenters. The van der Waals surface area contributed by atoms with Crippen LogP contribution in [0.5, 0.6) is 0 Å². The van der Waals surface area contributed by atoms with Crippen molar-refractivity contribution in [3.63, 3.8) is 0 Å². The van der Waals surface area contributed by atoms with E-state index in [2.05, 4.69) is 33.8 Å². The molecule has 1 fully saturated rings. The first kappa shape index (κ1) is 9.83. The third-order valence-corrected chi connectivity index (χ3v) is 2.66. The van der Waals surface area contributed by atoms with Crippen molar-refractivity contribution in [1.29, 1.82) is 0 Å². The lowest BCUT2D eigenvalue weighted by atomic mass is 9.88. The van der Waals surface area contributed by atoms with Crippen LogP contribution in [0.25, 0.3) is 0 Å². The van der Waals surface area contributed by atoms with Gasteiger partial charge in [0.25, 0.3) is 0 Å². The quantitative estimate of drug-likeness (QED) is 0.513. The van der Waals surface area contributed by atoms with E-state index < -0.39 is 0 Å². The summed E-state index contributed by atoms with van der Waals surface area (Å²) in [5.41, 5.74) is 1.99. The van der Waals surface area contributed by atoms with Gasteiger partial charge in [0.15, 0.2) is 0 Å². The smallest absolute Gasteiger partial charge is 0.0200 e. The van der Waals surface area contributed by atoms with E-state index in [0.29, 0.717) is 5.41 Å². The van der Waals surface area contributed by atoms with Crippen molar-refractivity contribution in [3.05, 3.63) is 11.6 Å². The topological polar surface area (TPSA) is 0 Å². The van der Waals surface area contributed by atoms with Crippen LogP contribution in [0.1, 0.15) is 53.4 Å². The molecule has 0 aliphatic heterocycles. The molecule has 0 aromatic carbocycles. The second-order valence-electron chi connectivity index (χ2n) is 5.24. The van der Waals surface area contributed by atoms with Gasteiger partial charge in [0.2, 0.25) is 0 Å². The number of rotatable bonds is 1. The first-order valence-corrected chi connectivity index (χ1v) is 5.18. The fourth-order valence-corrected chi connectivity index (χ4v) is 2.18. The molecule has 0 nitrogen and oxygen atoms in total. The van der Waals surface area contributed by atoms with Gasteiger partial charge in [-0.15, -0.1) is 0 Å². The molecular weight excluding hydrogens is 144 g/mol. The minimum absolute atomic E-state index is 0.368. The summed E-state index contributed by atoms with van der Waals surface area (Å²) in [7, 11) is 0. The molecule has 0 heteroatoms.